The number of piperidine rings is 1. The average Bonchev–Trinajstić information content (AvgIpc) is 2.43. The van der Waals surface area contributed by atoms with Crippen molar-refractivity contribution in [2.45, 2.75) is 25.3 Å². The van der Waals surface area contributed by atoms with Crippen LogP contribution in [0.1, 0.15) is 29.6 Å². The Labute approximate surface area is 116 Å². The monoisotopic (exact) mass is 283 g/mol. The molecule has 0 saturated carbocycles. The van der Waals surface area contributed by atoms with Crippen molar-refractivity contribution < 1.29 is 13.6 Å². The molecule has 2 rings (SSSR count). The smallest absolute Gasteiger partial charge is 0.251 e. The third-order valence-electron chi connectivity index (χ3n) is 3.76. The van der Waals surface area contributed by atoms with E-state index in [1.165, 1.54) is 0 Å². The molecule has 0 aliphatic carbocycles. The number of likely N-dealkylation sites (N-methyl/N-ethyl adjacent to an activating group) is 1. The van der Waals surface area contributed by atoms with Crippen molar-refractivity contribution in [3.05, 3.63) is 29.3 Å². The molecule has 3 N–H and O–H groups in total. The quantitative estimate of drug-likeness (QED) is 0.831. The standard InChI is InChI=1S/C14H19F2N3O/c1-19-5-3-2-4-10(19)8-18-14(20)9-6-11(15)13(17)12(16)7-9/h6-7,10H,2-5,8,17H2,1H3,(H,18,20). The van der Waals surface area contributed by atoms with E-state index in [0.717, 1.165) is 37.9 Å². The fraction of sp³-hybridized carbons (Fsp3) is 0.500. The van der Waals surface area contributed by atoms with Gasteiger partial charge in [-0.25, -0.2) is 8.78 Å². The lowest BCUT2D eigenvalue weighted by Crippen LogP contribution is -2.44. The van der Waals surface area contributed by atoms with Gasteiger partial charge < -0.3 is 16.0 Å². The molecule has 0 spiro atoms. The Bertz CT molecular complexity index is 484. The average molecular weight is 283 g/mol. The van der Waals surface area contributed by atoms with E-state index < -0.39 is 23.2 Å². The van der Waals surface area contributed by atoms with Gasteiger partial charge in [0.25, 0.3) is 5.91 Å². The van der Waals surface area contributed by atoms with Crippen molar-refractivity contribution >= 4 is 11.6 Å². The summed E-state index contributed by atoms with van der Waals surface area (Å²) in [6, 6.07) is 2.19. The molecular weight excluding hydrogens is 264 g/mol. The highest BCUT2D eigenvalue weighted by Crippen LogP contribution is 2.18. The first-order valence-corrected chi connectivity index (χ1v) is 6.72. The second-order valence-electron chi connectivity index (χ2n) is 5.19. The highest BCUT2D eigenvalue weighted by atomic mass is 19.1. The molecule has 0 aromatic heterocycles. The molecular formula is C14H19F2N3O. The summed E-state index contributed by atoms with van der Waals surface area (Å²) in [6.45, 7) is 1.48. The van der Waals surface area contributed by atoms with Gasteiger partial charge in [-0.3, -0.25) is 4.79 Å². The van der Waals surface area contributed by atoms with Crippen molar-refractivity contribution in [2.75, 3.05) is 25.9 Å². The Morgan fingerprint density at radius 3 is 2.65 bits per heavy atom. The first kappa shape index (κ1) is 14.7. The van der Waals surface area contributed by atoms with E-state index in [0.29, 0.717) is 6.54 Å². The van der Waals surface area contributed by atoms with E-state index in [9.17, 15) is 13.6 Å². The summed E-state index contributed by atoms with van der Waals surface area (Å²) in [5.74, 6) is -2.31. The van der Waals surface area contributed by atoms with Crippen LogP contribution >= 0.6 is 0 Å². The van der Waals surface area contributed by atoms with Gasteiger partial charge in [-0.2, -0.15) is 0 Å². The minimum atomic E-state index is -0.912. The normalized spacial score (nSPS) is 19.9. The summed E-state index contributed by atoms with van der Waals surface area (Å²) in [6.07, 6.45) is 3.31. The van der Waals surface area contributed by atoms with Crippen molar-refractivity contribution in [1.29, 1.82) is 0 Å². The number of rotatable bonds is 3. The van der Waals surface area contributed by atoms with Crippen LogP contribution in [-0.4, -0.2) is 37.0 Å². The van der Waals surface area contributed by atoms with Crippen molar-refractivity contribution in [2.24, 2.45) is 0 Å². The topological polar surface area (TPSA) is 58.4 Å². The minimum absolute atomic E-state index is 0.0485. The number of nitrogens with one attached hydrogen (secondary N) is 1. The number of amides is 1. The molecule has 6 heteroatoms. The molecule has 1 fully saturated rings. The number of anilines is 1. The minimum Gasteiger partial charge on any atom is -0.394 e. The van der Waals surface area contributed by atoms with Gasteiger partial charge in [0, 0.05) is 18.2 Å². The molecule has 1 saturated heterocycles. The summed E-state index contributed by atoms with van der Waals surface area (Å²) in [7, 11) is 2.01. The first-order chi connectivity index (χ1) is 9.49. The molecule has 0 bridgehead atoms. The molecule has 1 heterocycles. The number of hydrogen-bond acceptors (Lipinski definition) is 3. The van der Waals surface area contributed by atoms with Gasteiger partial charge in [0.15, 0.2) is 0 Å². The third kappa shape index (κ3) is 3.25. The molecule has 20 heavy (non-hydrogen) atoms. The maximum Gasteiger partial charge on any atom is 0.251 e. The SMILES string of the molecule is CN1CCCCC1CNC(=O)c1cc(F)c(N)c(F)c1. The number of carbonyl (C=O) groups is 1. The Hall–Kier alpha value is -1.69. The van der Waals surface area contributed by atoms with E-state index in [1.807, 2.05) is 7.05 Å². The van der Waals surface area contributed by atoms with E-state index in [-0.39, 0.29) is 11.6 Å². The zero-order chi connectivity index (χ0) is 14.7. The van der Waals surface area contributed by atoms with Gasteiger partial charge >= 0.3 is 0 Å². The van der Waals surface area contributed by atoms with Crippen LogP contribution in [0.3, 0.4) is 0 Å². The number of carbonyl (C=O) groups excluding carboxylic acids is 1. The van der Waals surface area contributed by atoms with E-state index in [2.05, 4.69) is 10.2 Å². The molecule has 4 nitrogen and oxygen atoms in total. The van der Waals surface area contributed by atoms with Crippen LogP contribution in [0.25, 0.3) is 0 Å². The zero-order valence-electron chi connectivity index (χ0n) is 11.5. The maximum atomic E-state index is 13.3. The second-order valence-corrected chi connectivity index (χ2v) is 5.19. The number of likely N-dealkylation sites (tertiary alicyclic amines) is 1. The first-order valence-electron chi connectivity index (χ1n) is 6.72. The lowest BCUT2D eigenvalue weighted by atomic mass is 10.0. The summed E-state index contributed by atoms with van der Waals surface area (Å²) in [5, 5.41) is 2.72. The fourth-order valence-electron chi connectivity index (χ4n) is 2.43. The number of nitrogens with zero attached hydrogens (tertiary/aromatic N) is 1. The molecule has 1 aliphatic heterocycles. The predicted molar refractivity (Wildman–Crippen MR) is 73.4 cm³/mol. The summed E-state index contributed by atoms with van der Waals surface area (Å²) in [4.78, 5) is 14.1. The van der Waals surface area contributed by atoms with Gasteiger partial charge in [-0.1, -0.05) is 6.42 Å². The molecule has 1 aliphatic rings. The van der Waals surface area contributed by atoms with E-state index in [1.54, 1.807) is 0 Å². The third-order valence-corrected chi connectivity index (χ3v) is 3.76. The Balaban J connectivity index is 1.98. The second kappa shape index (κ2) is 6.17. The number of halogens is 2. The summed E-state index contributed by atoms with van der Waals surface area (Å²) in [5.41, 5.74) is 4.56. The Morgan fingerprint density at radius 2 is 2.05 bits per heavy atom. The maximum absolute atomic E-state index is 13.3. The van der Waals surface area contributed by atoms with Gasteiger partial charge in [-0.05, 0) is 38.6 Å². The van der Waals surface area contributed by atoms with Crippen LogP contribution in [-0.2, 0) is 0 Å². The highest BCUT2D eigenvalue weighted by Gasteiger charge is 2.20. The molecule has 1 unspecified atom stereocenters. The van der Waals surface area contributed by atoms with Crippen LogP contribution in [0.15, 0.2) is 12.1 Å². The van der Waals surface area contributed by atoms with Crippen LogP contribution < -0.4 is 11.1 Å². The van der Waals surface area contributed by atoms with Crippen molar-refractivity contribution in [3.63, 3.8) is 0 Å². The number of nitrogens with two attached hydrogens (primary N) is 1. The lowest BCUT2D eigenvalue weighted by molar-refractivity contribution is 0.0927. The number of benzene rings is 1. The molecule has 1 aromatic carbocycles. The Morgan fingerprint density at radius 1 is 1.40 bits per heavy atom. The molecule has 110 valence electrons. The number of nitrogen functional groups attached to an aromatic ring is 1. The van der Waals surface area contributed by atoms with Crippen LogP contribution in [0, 0.1) is 11.6 Å². The predicted octanol–water partition coefficient (Wildman–Crippen LogP) is 1.76. The van der Waals surface area contributed by atoms with Crippen LogP contribution in [0.2, 0.25) is 0 Å². The van der Waals surface area contributed by atoms with E-state index >= 15 is 0 Å². The highest BCUT2D eigenvalue weighted by molar-refractivity contribution is 5.94. The van der Waals surface area contributed by atoms with Gasteiger partial charge in [-0.15, -0.1) is 0 Å². The summed E-state index contributed by atoms with van der Waals surface area (Å²) >= 11 is 0. The van der Waals surface area contributed by atoms with Gasteiger partial charge in [0.05, 0.1) is 0 Å². The van der Waals surface area contributed by atoms with E-state index in [4.69, 9.17) is 5.73 Å². The Kier molecular flexibility index (Phi) is 4.54. The molecule has 1 atom stereocenters. The van der Waals surface area contributed by atoms with Crippen LogP contribution in [0.4, 0.5) is 14.5 Å². The summed E-state index contributed by atoms with van der Waals surface area (Å²) < 4.78 is 26.6. The van der Waals surface area contributed by atoms with Crippen molar-refractivity contribution in [1.82, 2.24) is 10.2 Å². The molecule has 0 radical (unpaired) electrons. The molecule has 1 aromatic rings. The van der Waals surface area contributed by atoms with Crippen molar-refractivity contribution in [3.8, 4) is 0 Å². The molecule has 1 amide bonds. The zero-order valence-corrected chi connectivity index (χ0v) is 11.5. The fourth-order valence-corrected chi connectivity index (χ4v) is 2.43. The van der Waals surface area contributed by atoms with Gasteiger partial charge in [0.1, 0.15) is 17.3 Å². The number of hydrogen-bond donors (Lipinski definition) is 2. The lowest BCUT2D eigenvalue weighted by Gasteiger charge is -2.32. The van der Waals surface area contributed by atoms with Gasteiger partial charge in [0.2, 0.25) is 0 Å². The largest absolute Gasteiger partial charge is 0.394 e. The van der Waals surface area contributed by atoms with Crippen LogP contribution in [0.5, 0.6) is 0 Å².